The van der Waals surface area contributed by atoms with E-state index in [0.717, 1.165) is 18.4 Å². The van der Waals surface area contributed by atoms with E-state index in [1.807, 2.05) is 37.3 Å². The maximum Gasteiger partial charge on any atom is 0.261 e. The quantitative estimate of drug-likeness (QED) is 0.383. The van der Waals surface area contributed by atoms with Gasteiger partial charge in [0.05, 0.1) is 11.1 Å². The van der Waals surface area contributed by atoms with Gasteiger partial charge >= 0.3 is 0 Å². The van der Waals surface area contributed by atoms with Crippen LogP contribution < -0.4 is 5.32 Å². The fourth-order valence-corrected chi connectivity index (χ4v) is 4.18. The number of carbonyl (C=O) groups is 4. The third kappa shape index (κ3) is 5.90. The number of amides is 4. The van der Waals surface area contributed by atoms with Crippen molar-refractivity contribution in [2.45, 2.75) is 58.5 Å². The van der Waals surface area contributed by atoms with Gasteiger partial charge in [0.25, 0.3) is 11.8 Å². The first-order valence-electron chi connectivity index (χ1n) is 12.0. The number of rotatable bonds is 12. The Labute approximate surface area is 201 Å². The Morgan fingerprint density at radius 2 is 1.53 bits per heavy atom. The average molecular weight is 464 g/mol. The smallest absolute Gasteiger partial charge is 0.261 e. The van der Waals surface area contributed by atoms with Crippen LogP contribution in [-0.2, 0) is 16.1 Å². The van der Waals surface area contributed by atoms with Gasteiger partial charge in [0.15, 0.2) is 0 Å². The Morgan fingerprint density at radius 3 is 2.12 bits per heavy atom. The monoisotopic (exact) mass is 463 g/mol. The molecule has 0 radical (unpaired) electrons. The highest BCUT2D eigenvalue weighted by Crippen LogP contribution is 2.23. The molecule has 34 heavy (non-hydrogen) atoms. The molecule has 4 amide bonds. The van der Waals surface area contributed by atoms with Crippen LogP contribution in [0.4, 0.5) is 0 Å². The lowest BCUT2D eigenvalue weighted by Gasteiger charge is -2.31. The third-order valence-electron chi connectivity index (χ3n) is 6.06. The lowest BCUT2D eigenvalue weighted by atomic mass is 10.1. The zero-order valence-electron chi connectivity index (χ0n) is 20.0. The van der Waals surface area contributed by atoms with Crippen molar-refractivity contribution in [3.8, 4) is 0 Å². The van der Waals surface area contributed by atoms with Gasteiger partial charge in [-0.2, -0.15) is 0 Å². The number of benzene rings is 2. The van der Waals surface area contributed by atoms with Crippen LogP contribution in [0.5, 0.6) is 0 Å². The summed E-state index contributed by atoms with van der Waals surface area (Å²) in [5.41, 5.74) is 1.75. The van der Waals surface area contributed by atoms with Gasteiger partial charge in [-0.1, -0.05) is 62.7 Å². The molecule has 0 saturated carbocycles. The highest BCUT2D eigenvalue weighted by atomic mass is 16.2. The van der Waals surface area contributed by atoms with E-state index < -0.39 is 6.04 Å². The first kappa shape index (κ1) is 25.1. The van der Waals surface area contributed by atoms with Crippen molar-refractivity contribution in [2.75, 3.05) is 13.1 Å². The fraction of sp³-hybridized carbons (Fsp3) is 0.407. The van der Waals surface area contributed by atoms with Gasteiger partial charge in [0, 0.05) is 26.1 Å². The van der Waals surface area contributed by atoms with Crippen molar-refractivity contribution in [1.29, 1.82) is 0 Å². The van der Waals surface area contributed by atoms with Crippen LogP contribution in [0.15, 0.2) is 54.6 Å². The van der Waals surface area contributed by atoms with E-state index in [9.17, 15) is 19.2 Å². The molecule has 0 fully saturated rings. The Balaban J connectivity index is 1.66. The van der Waals surface area contributed by atoms with Crippen LogP contribution in [-0.4, -0.2) is 52.6 Å². The van der Waals surface area contributed by atoms with Gasteiger partial charge < -0.3 is 10.2 Å². The molecular formula is C27H33N3O4. The van der Waals surface area contributed by atoms with E-state index in [1.165, 1.54) is 4.90 Å². The lowest BCUT2D eigenvalue weighted by molar-refractivity contribution is -0.141. The molecule has 0 aliphatic carbocycles. The van der Waals surface area contributed by atoms with E-state index in [2.05, 4.69) is 12.2 Å². The van der Waals surface area contributed by atoms with E-state index in [-0.39, 0.29) is 36.6 Å². The molecule has 0 saturated heterocycles. The van der Waals surface area contributed by atoms with Gasteiger partial charge in [0.2, 0.25) is 11.8 Å². The molecule has 1 heterocycles. The number of imide groups is 1. The van der Waals surface area contributed by atoms with E-state index >= 15 is 0 Å². The summed E-state index contributed by atoms with van der Waals surface area (Å²) in [7, 11) is 0. The van der Waals surface area contributed by atoms with Crippen molar-refractivity contribution in [3.63, 3.8) is 0 Å². The molecule has 1 aliphatic rings. The lowest BCUT2D eigenvalue weighted by Crippen LogP contribution is -2.49. The molecule has 7 nitrogen and oxygen atoms in total. The summed E-state index contributed by atoms with van der Waals surface area (Å²) in [6.45, 7) is 5.03. The topological polar surface area (TPSA) is 86.8 Å². The second kappa shape index (κ2) is 12.1. The molecule has 1 N–H and O–H groups in total. The number of fused-ring (bicyclic) bond motifs is 1. The highest BCUT2D eigenvalue weighted by Gasteiger charge is 2.35. The van der Waals surface area contributed by atoms with Crippen LogP contribution in [0.3, 0.4) is 0 Å². The molecule has 0 bridgehead atoms. The summed E-state index contributed by atoms with van der Waals surface area (Å²) in [5.74, 6) is -0.967. The summed E-state index contributed by atoms with van der Waals surface area (Å²) < 4.78 is 0. The number of unbranched alkanes of at least 4 members (excludes halogenated alkanes) is 1. The average Bonchev–Trinajstić information content (AvgIpc) is 3.09. The Kier molecular flexibility index (Phi) is 8.96. The van der Waals surface area contributed by atoms with Gasteiger partial charge in [-0.05, 0) is 37.0 Å². The Bertz CT molecular complexity index is 987. The maximum absolute atomic E-state index is 13.3. The predicted molar refractivity (Wildman–Crippen MR) is 130 cm³/mol. The van der Waals surface area contributed by atoms with Gasteiger partial charge in [0.1, 0.15) is 6.04 Å². The van der Waals surface area contributed by atoms with Crippen molar-refractivity contribution in [2.24, 2.45) is 0 Å². The Morgan fingerprint density at radius 1 is 0.912 bits per heavy atom. The van der Waals surface area contributed by atoms with Crippen LogP contribution in [0.2, 0.25) is 0 Å². The van der Waals surface area contributed by atoms with E-state index in [1.54, 1.807) is 29.2 Å². The molecule has 1 aliphatic heterocycles. The zero-order valence-corrected chi connectivity index (χ0v) is 20.0. The summed E-state index contributed by atoms with van der Waals surface area (Å²) in [6.07, 6.45) is 2.83. The van der Waals surface area contributed by atoms with Crippen LogP contribution in [0.25, 0.3) is 0 Å². The minimum atomic E-state index is -0.580. The Hall–Kier alpha value is -3.48. The minimum absolute atomic E-state index is 0.138. The molecule has 2 aromatic carbocycles. The summed E-state index contributed by atoms with van der Waals surface area (Å²) in [6, 6.07) is 15.8. The first-order valence-corrected chi connectivity index (χ1v) is 12.0. The van der Waals surface area contributed by atoms with Gasteiger partial charge in [-0.25, -0.2) is 0 Å². The molecule has 0 spiro atoms. The third-order valence-corrected chi connectivity index (χ3v) is 6.06. The summed E-state index contributed by atoms with van der Waals surface area (Å²) in [5, 5.41) is 2.95. The van der Waals surface area contributed by atoms with Gasteiger partial charge in [-0.15, -0.1) is 0 Å². The molecule has 1 unspecified atom stereocenters. The first-order chi connectivity index (χ1) is 16.5. The van der Waals surface area contributed by atoms with Crippen molar-refractivity contribution in [3.05, 3.63) is 71.3 Å². The predicted octanol–water partition coefficient (Wildman–Crippen LogP) is 3.79. The van der Waals surface area contributed by atoms with E-state index in [4.69, 9.17) is 0 Å². The molecule has 7 heteroatoms. The summed E-state index contributed by atoms with van der Waals surface area (Å²) in [4.78, 5) is 54.2. The number of hydrogen-bond donors (Lipinski definition) is 1. The zero-order chi connectivity index (χ0) is 24.5. The van der Waals surface area contributed by atoms with Gasteiger partial charge in [-0.3, -0.25) is 24.1 Å². The van der Waals surface area contributed by atoms with E-state index in [0.29, 0.717) is 37.1 Å². The van der Waals surface area contributed by atoms with Crippen molar-refractivity contribution in [1.82, 2.24) is 15.1 Å². The number of hydrogen-bond acceptors (Lipinski definition) is 4. The second-order valence-electron chi connectivity index (χ2n) is 8.49. The SMILES string of the molecule is CCCCNC(=O)C(CC)N(Cc1ccccc1)C(=O)CCCN1C(=O)c2ccccc2C1=O. The largest absolute Gasteiger partial charge is 0.354 e. The minimum Gasteiger partial charge on any atom is -0.354 e. The molecule has 180 valence electrons. The molecule has 1 atom stereocenters. The second-order valence-corrected chi connectivity index (χ2v) is 8.49. The number of carbonyl (C=O) groups excluding carboxylic acids is 4. The fourth-order valence-electron chi connectivity index (χ4n) is 4.18. The number of nitrogens with zero attached hydrogens (tertiary/aromatic N) is 2. The normalized spacial score (nSPS) is 13.5. The van der Waals surface area contributed by atoms with Crippen LogP contribution in [0, 0.1) is 0 Å². The van der Waals surface area contributed by atoms with Crippen molar-refractivity contribution < 1.29 is 19.2 Å². The number of nitrogens with one attached hydrogen (secondary N) is 1. The van der Waals surface area contributed by atoms with Crippen LogP contribution >= 0.6 is 0 Å². The molecule has 2 aromatic rings. The highest BCUT2D eigenvalue weighted by molar-refractivity contribution is 6.21. The molecular weight excluding hydrogens is 430 g/mol. The van der Waals surface area contributed by atoms with Crippen molar-refractivity contribution >= 4 is 23.6 Å². The molecule has 3 rings (SSSR count). The van der Waals surface area contributed by atoms with Crippen LogP contribution in [0.1, 0.15) is 72.2 Å². The molecule has 0 aromatic heterocycles. The maximum atomic E-state index is 13.3. The summed E-state index contributed by atoms with van der Waals surface area (Å²) >= 11 is 0. The standard InChI is InChI=1S/C27H33N3O4/c1-3-5-17-28-25(32)23(4-2)30(19-20-12-7-6-8-13-20)24(31)16-11-18-29-26(33)21-14-9-10-15-22(21)27(29)34/h6-10,12-15,23H,3-5,11,16-19H2,1-2H3,(H,28,32).